The molecule has 0 aliphatic rings. The van der Waals surface area contributed by atoms with Gasteiger partial charge in [0.15, 0.2) is 0 Å². The van der Waals surface area contributed by atoms with Crippen molar-refractivity contribution in [2.45, 2.75) is 37.0 Å². The van der Waals surface area contributed by atoms with Gasteiger partial charge >= 0.3 is 0 Å². The molecule has 3 aromatic carbocycles. The van der Waals surface area contributed by atoms with Gasteiger partial charge in [0, 0.05) is 20.8 Å². The van der Waals surface area contributed by atoms with Crippen molar-refractivity contribution in [3.05, 3.63) is 84.9 Å². The molecule has 0 spiro atoms. The molecule has 0 unspecified atom stereocenters. The van der Waals surface area contributed by atoms with E-state index in [9.17, 15) is 0 Å². The Morgan fingerprint density at radius 3 is 1.69 bits per heavy atom. The van der Waals surface area contributed by atoms with E-state index in [0.29, 0.717) is 11.2 Å². The first-order valence-corrected chi connectivity index (χ1v) is 12.1. The lowest BCUT2D eigenvalue weighted by Crippen LogP contribution is -2.29. The van der Waals surface area contributed by atoms with Crippen molar-refractivity contribution in [1.82, 2.24) is 0 Å². The standard InChI is InChI=1S/C25H29O2PS/c1-19(2)25(29-24-17-15-21(26-4)16-18-24)20(3)27-28(22-11-7-5-8-12-22)23-13-9-6-10-14-23/h5-20,25H,1-4H3/t20-,25-/m1/s1. The number of methoxy groups -OCH3 is 1. The Morgan fingerprint density at radius 2 is 1.24 bits per heavy atom. The van der Waals surface area contributed by atoms with Crippen molar-refractivity contribution in [2.75, 3.05) is 7.11 Å². The van der Waals surface area contributed by atoms with E-state index in [1.165, 1.54) is 15.5 Å². The van der Waals surface area contributed by atoms with E-state index in [1.54, 1.807) is 7.11 Å². The first kappa shape index (κ1) is 21.9. The normalized spacial score (nSPS) is 13.4. The van der Waals surface area contributed by atoms with Crippen molar-refractivity contribution < 1.29 is 9.26 Å². The second kappa shape index (κ2) is 10.8. The summed E-state index contributed by atoms with van der Waals surface area (Å²) >= 11 is 1.89. The van der Waals surface area contributed by atoms with Gasteiger partial charge in [-0.15, -0.1) is 11.8 Å². The Kier molecular flexibility index (Phi) is 8.18. The van der Waals surface area contributed by atoms with Gasteiger partial charge in [0.05, 0.1) is 21.4 Å². The van der Waals surface area contributed by atoms with Crippen molar-refractivity contribution in [1.29, 1.82) is 0 Å². The molecule has 3 aromatic rings. The molecular weight excluding hydrogens is 395 g/mol. The highest BCUT2D eigenvalue weighted by Crippen LogP contribution is 2.41. The summed E-state index contributed by atoms with van der Waals surface area (Å²) in [6, 6.07) is 29.5. The molecule has 0 N–H and O–H groups in total. The summed E-state index contributed by atoms with van der Waals surface area (Å²) in [5, 5.41) is 2.84. The fraction of sp³-hybridized carbons (Fsp3) is 0.280. The predicted molar refractivity (Wildman–Crippen MR) is 127 cm³/mol. The SMILES string of the molecule is COc1ccc(S[C@H](C(C)C)[C@@H](C)OP(c2ccccc2)c2ccccc2)cc1. The predicted octanol–water partition coefficient (Wildman–Crippen LogP) is 6.26. The zero-order chi connectivity index (χ0) is 20.6. The van der Waals surface area contributed by atoms with Gasteiger partial charge in [-0.2, -0.15) is 0 Å². The number of thioether (sulfide) groups is 1. The second-order valence-corrected chi connectivity index (χ2v) is 10.4. The molecule has 2 nitrogen and oxygen atoms in total. The zero-order valence-electron chi connectivity index (χ0n) is 17.5. The molecule has 4 heteroatoms. The number of benzene rings is 3. The van der Waals surface area contributed by atoms with Gasteiger partial charge in [-0.25, -0.2) is 0 Å². The number of rotatable bonds is 9. The Morgan fingerprint density at radius 1 is 0.724 bits per heavy atom. The minimum absolute atomic E-state index is 0.105. The van der Waals surface area contributed by atoms with Crippen molar-refractivity contribution >= 4 is 30.5 Å². The molecule has 29 heavy (non-hydrogen) atoms. The van der Waals surface area contributed by atoms with Crippen LogP contribution in [0.25, 0.3) is 0 Å². The maximum atomic E-state index is 6.78. The lowest BCUT2D eigenvalue weighted by molar-refractivity contribution is 0.228. The topological polar surface area (TPSA) is 18.5 Å². The van der Waals surface area contributed by atoms with Crippen LogP contribution in [-0.4, -0.2) is 18.5 Å². The van der Waals surface area contributed by atoms with Gasteiger partial charge < -0.3 is 9.26 Å². The van der Waals surface area contributed by atoms with E-state index in [0.717, 1.165) is 5.75 Å². The van der Waals surface area contributed by atoms with Gasteiger partial charge in [-0.3, -0.25) is 0 Å². The van der Waals surface area contributed by atoms with Crippen LogP contribution < -0.4 is 15.3 Å². The van der Waals surface area contributed by atoms with E-state index >= 15 is 0 Å². The molecule has 152 valence electrons. The minimum atomic E-state index is -0.863. The van der Waals surface area contributed by atoms with Crippen molar-refractivity contribution in [2.24, 2.45) is 5.92 Å². The van der Waals surface area contributed by atoms with Gasteiger partial charge in [0.2, 0.25) is 0 Å². The summed E-state index contributed by atoms with van der Waals surface area (Å²) in [5.41, 5.74) is 0. The molecule has 0 saturated carbocycles. The van der Waals surface area contributed by atoms with Gasteiger partial charge in [0.1, 0.15) is 5.75 Å². The maximum absolute atomic E-state index is 6.78. The fourth-order valence-electron chi connectivity index (χ4n) is 3.21. The number of hydrogen-bond donors (Lipinski definition) is 0. The molecule has 0 amide bonds. The quantitative estimate of drug-likeness (QED) is 0.298. The first-order chi connectivity index (χ1) is 14.1. The van der Waals surface area contributed by atoms with Crippen LogP contribution in [0.15, 0.2) is 89.8 Å². The third kappa shape index (κ3) is 6.09. The highest BCUT2D eigenvalue weighted by atomic mass is 32.2. The monoisotopic (exact) mass is 424 g/mol. The summed E-state index contributed by atoms with van der Waals surface area (Å²) in [4.78, 5) is 1.24. The summed E-state index contributed by atoms with van der Waals surface area (Å²) in [6.45, 7) is 6.76. The van der Waals surface area contributed by atoms with E-state index in [1.807, 2.05) is 23.9 Å². The third-order valence-electron chi connectivity index (χ3n) is 4.70. The van der Waals surface area contributed by atoms with Crippen LogP contribution in [0.1, 0.15) is 20.8 Å². The average Bonchev–Trinajstić information content (AvgIpc) is 2.77. The summed E-state index contributed by atoms with van der Waals surface area (Å²) in [7, 11) is 0.836. The van der Waals surface area contributed by atoms with Gasteiger partial charge in [-0.05, 0) is 37.1 Å². The van der Waals surface area contributed by atoms with Gasteiger partial charge in [0.25, 0.3) is 0 Å². The highest BCUT2D eigenvalue weighted by molar-refractivity contribution is 8.00. The van der Waals surface area contributed by atoms with E-state index < -0.39 is 8.15 Å². The first-order valence-electron chi connectivity index (χ1n) is 9.96. The summed E-state index contributed by atoms with van der Waals surface area (Å²) < 4.78 is 12.1. The summed E-state index contributed by atoms with van der Waals surface area (Å²) in [5.74, 6) is 1.37. The molecule has 0 heterocycles. The van der Waals surface area contributed by atoms with Crippen LogP contribution in [0.4, 0.5) is 0 Å². The smallest absolute Gasteiger partial charge is 0.118 e. The Bertz CT molecular complexity index is 814. The van der Waals surface area contributed by atoms with Crippen LogP contribution in [-0.2, 0) is 4.52 Å². The largest absolute Gasteiger partial charge is 0.497 e. The molecule has 0 radical (unpaired) electrons. The minimum Gasteiger partial charge on any atom is -0.497 e. The molecule has 0 aliphatic heterocycles. The van der Waals surface area contributed by atoms with E-state index in [-0.39, 0.29) is 6.10 Å². The van der Waals surface area contributed by atoms with E-state index in [4.69, 9.17) is 9.26 Å². The number of ether oxygens (including phenoxy) is 1. The molecular formula is C25H29O2PS. The molecule has 2 atom stereocenters. The maximum Gasteiger partial charge on any atom is 0.118 e. The highest BCUT2D eigenvalue weighted by Gasteiger charge is 2.27. The molecule has 0 bridgehead atoms. The Hall–Kier alpha value is -1.80. The summed E-state index contributed by atoms with van der Waals surface area (Å²) in [6.07, 6.45) is 0.105. The fourth-order valence-corrected chi connectivity index (χ4v) is 6.31. The number of hydrogen-bond acceptors (Lipinski definition) is 3. The van der Waals surface area contributed by atoms with Crippen molar-refractivity contribution in [3.63, 3.8) is 0 Å². The molecule has 0 saturated heterocycles. The lowest BCUT2D eigenvalue weighted by Gasteiger charge is -2.31. The zero-order valence-corrected chi connectivity index (χ0v) is 19.2. The van der Waals surface area contributed by atoms with E-state index in [2.05, 4.69) is 93.6 Å². The molecule has 0 aliphatic carbocycles. The van der Waals surface area contributed by atoms with Crippen LogP contribution in [0.2, 0.25) is 0 Å². The van der Waals surface area contributed by atoms with Crippen LogP contribution in [0, 0.1) is 5.92 Å². The Labute approximate surface area is 180 Å². The molecule has 3 rings (SSSR count). The molecule has 0 aromatic heterocycles. The lowest BCUT2D eigenvalue weighted by atomic mass is 10.1. The van der Waals surface area contributed by atoms with Crippen LogP contribution in [0.5, 0.6) is 5.75 Å². The van der Waals surface area contributed by atoms with Gasteiger partial charge in [-0.1, -0.05) is 74.5 Å². The molecule has 0 fully saturated rings. The van der Waals surface area contributed by atoms with Crippen LogP contribution >= 0.6 is 19.9 Å². The Balaban J connectivity index is 1.81. The van der Waals surface area contributed by atoms with Crippen molar-refractivity contribution in [3.8, 4) is 5.75 Å². The average molecular weight is 425 g/mol. The second-order valence-electron chi connectivity index (χ2n) is 7.28. The third-order valence-corrected chi connectivity index (χ3v) is 8.53. The van der Waals surface area contributed by atoms with Crippen LogP contribution in [0.3, 0.4) is 0 Å².